The predicted octanol–water partition coefficient (Wildman–Crippen LogP) is 7.32. The van der Waals surface area contributed by atoms with E-state index in [0.29, 0.717) is 33.5 Å². The van der Waals surface area contributed by atoms with Gasteiger partial charge in [0.1, 0.15) is 21.8 Å². The van der Waals surface area contributed by atoms with E-state index in [1.807, 2.05) is 48.5 Å². The molecule has 2 aromatic carbocycles. The number of oxazole rings is 1. The molecule has 1 aliphatic heterocycles. The maximum Gasteiger partial charge on any atom is 0.302 e. The van der Waals surface area contributed by atoms with Crippen molar-refractivity contribution in [2.24, 2.45) is 0 Å². The number of nitrogens with one attached hydrogen (secondary N) is 1. The number of nitrogens with zero attached hydrogens (tertiary/aromatic N) is 2. The summed E-state index contributed by atoms with van der Waals surface area (Å²) in [6.45, 7) is 0. The number of carbonyl (C=O) groups is 1. The molecule has 0 saturated carbocycles. The Morgan fingerprint density at radius 2 is 1.45 bits per heavy atom. The Morgan fingerprint density at radius 1 is 0.818 bits per heavy atom. The zero-order chi connectivity index (χ0) is 30.2. The number of carbonyl (C=O) groups excluding carboxylic acids is 1. The highest BCUT2D eigenvalue weighted by Crippen LogP contribution is 2.44. The molecule has 7 aromatic rings. The molecular formula is C31H19N3O8S2. The van der Waals surface area contributed by atoms with Crippen molar-refractivity contribution in [2.45, 2.75) is 4.90 Å². The van der Waals surface area contributed by atoms with Crippen molar-refractivity contribution < 1.29 is 36.0 Å². The molecule has 1 amide bonds. The molecule has 0 saturated heterocycles. The van der Waals surface area contributed by atoms with E-state index >= 15 is 0 Å². The number of hydrogen-bond acceptors (Lipinski definition) is 10. The SMILES string of the molecule is CN1C(C(=O)Nc2ncc(-c3ccc(-c4cc5ccccc5o4)o3)o2)=C(O)c2sc(-c3cc4ccccc4o3)cc2S1(=O)=O. The topological polar surface area (TPSA) is 152 Å². The standard InChI is InChI=1S/C31H19N3O8S2/c1-34-27(28(35)29-26(44(34,37)38)14-25(43-29)23-13-17-7-3-5-9-19(17)40-23)30(36)33-31-32-15-24(42-31)21-11-10-20(41-21)22-12-16-6-2-4-8-18(16)39-22/h2-15,35H,1H3,(H,32,33,36). The molecule has 44 heavy (non-hydrogen) atoms. The molecule has 2 N–H and O–H groups in total. The Kier molecular flexibility index (Phi) is 5.63. The van der Waals surface area contributed by atoms with Gasteiger partial charge in [-0.1, -0.05) is 36.4 Å². The minimum absolute atomic E-state index is 0.0190. The Hall–Kier alpha value is -5.53. The third-order valence-corrected chi connectivity index (χ3v) is 10.3. The number of aromatic nitrogens is 1. The maximum atomic E-state index is 13.4. The van der Waals surface area contributed by atoms with Crippen molar-refractivity contribution >= 4 is 61.0 Å². The smallest absolute Gasteiger partial charge is 0.302 e. The zero-order valence-corrected chi connectivity index (χ0v) is 24.2. The van der Waals surface area contributed by atoms with Gasteiger partial charge in [0.05, 0.1) is 16.0 Å². The molecule has 0 spiro atoms. The number of rotatable bonds is 5. The number of aliphatic hydroxyl groups is 1. The monoisotopic (exact) mass is 625 g/mol. The van der Waals surface area contributed by atoms with Gasteiger partial charge in [-0.15, -0.1) is 11.3 Å². The molecule has 5 aromatic heterocycles. The van der Waals surface area contributed by atoms with E-state index < -0.39 is 27.4 Å². The summed E-state index contributed by atoms with van der Waals surface area (Å²) in [5, 5.41) is 15.3. The van der Waals surface area contributed by atoms with Crippen LogP contribution in [0.5, 0.6) is 0 Å². The summed E-state index contributed by atoms with van der Waals surface area (Å²) in [6, 6.07) is 23.2. The lowest BCUT2D eigenvalue weighted by atomic mass is 10.2. The molecule has 218 valence electrons. The number of furan rings is 3. The zero-order valence-electron chi connectivity index (χ0n) is 22.6. The number of para-hydroxylation sites is 2. The van der Waals surface area contributed by atoms with Crippen LogP contribution in [0.25, 0.3) is 61.4 Å². The Bertz CT molecular complexity index is 2340. The van der Waals surface area contributed by atoms with Gasteiger partial charge in [-0.05, 0) is 42.5 Å². The van der Waals surface area contributed by atoms with Gasteiger partial charge in [0.15, 0.2) is 34.5 Å². The van der Waals surface area contributed by atoms with Crippen molar-refractivity contribution in [3.8, 4) is 33.7 Å². The minimum atomic E-state index is -4.18. The van der Waals surface area contributed by atoms with Crippen molar-refractivity contribution in [1.82, 2.24) is 9.29 Å². The van der Waals surface area contributed by atoms with Gasteiger partial charge < -0.3 is 22.8 Å². The highest BCUT2D eigenvalue weighted by molar-refractivity contribution is 7.89. The highest BCUT2D eigenvalue weighted by atomic mass is 32.2. The van der Waals surface area contributed by atoms with Crippen molar-refractivity contribution in [1.29, 1.82) is 0 Å². The molecule has 0 atom stereocenters. The van der Waals surface area contributed by atoms with Crippen LogP contribution in [-0.2, 0) is 14.8 Å². The Labute approximate surface area is 252 Å². The van der Waals surface area contributed by atoms with Gasteiger partial charge in [-0.3, -0.25) is 14.4 Å². The molecule has 1 aliphatic rings. The fourth-order valence-corrected chi connectivity index (χ4v) is 7.81. The van der Waals surface area contributed by atoms with Crippen molar-refractivity contribution in [2.75, 3.05) is 12.4 Å². The van der Waals surface area contributed by atoms with Crippen LogP contribution in [0.4, 0.5) is 6.01 Å². The first-order chi connectivity index (χ1) is 21.3. The first-order valence-corrected chi connectivity index (χ1v) is 15.4. The van der Waals surface area contributed by atoms with Crippen LogP contribution in [0.2, 0.25) is 0 Å². The van der Waals surface area contributed by atoms with Gasteiger partial charge in [0.25, 0.3) is 15.9 Å². The molecule has 0 unspecified atom stereocenters. The van der Waals surface area contributed by atoms with Crippen LogP contribution < -0.4 is 5.32 Å². The van der Waals surface area contributed by atoms with E-state index in [2.05, 4.69) is 10.3 Å². The molecule has 0 radical (unpaired) electrons. The van der Waals surface area contributed by atoms with E-state index in [1.54, 1.807) is 24.3 Å². The lowest BCUT2D eigenvalue weighted by Gasteiger charge is -2.26. The van der Waals surface area contributed by atoms with E-state index in [1.165, 1.54) is 19.3 Å². The van der Waals surface area contributed by atoms with Gasteiger partial charge in [0, 0.05) is 17.8 Å². The number of benzene rings is 2. The average Bonchev–Trinajstić information content (AvgIpc) is 3.84. The summed E-state index contributed by atoms with van der Waals surface area (Å²) in [7, 11) is -2.99. The second kappa shape index (κ2) is 9.49. The third-order valence-electron chi connectivity index (χ3n) is 7.22. The van der Waals surface area contributed by atoms with Crippen LogP contribution in [0.3, 0.4) is 0 Å². The fraction of sp³-hybridized carbons (Fsp3) is 0.0323. The van der Waals surface area contributed by atoms with Crippen LogP contribution in [0, 0.1) is 0 Å². The average molecular weight is 626 g/mol. The van der Waals surface area contributed by atoms with Crippen molar-refractivity contribution in [3.63, 3.8) is 0 Å². The quantitative estimate of drug-likeness (QED) is 0.200. The summed E-state index contributed by atoms with van der Waals surface area (Å²) in [4.78, 5) is 17.8. The number of hydrogen-bond donors (Lipinski definition) is 2. The molecule has 0 bridgehead atoms. The van der Waals surface area contributed by atoms with Crippen LogP contribution >= 0.6 is 11.3 Å². The Morgan fingerprint density at radius 3 is 2.16 bits per heavy atom. The Balaban J connectivity index is 1.07. The molecule has 6 heterocycles. The largest absolute Gasteiger partial charge is 0.504 e. The van der Waals surface area contributed by atoms with E-state index in [9.17, 15) is 18.3 Å². The molecule has 0 fully saturated rings. The second-order valence-electron chi connectivity index (χ2n) is 9.92. The first kappa shape index (κ1) is 26.1. The lowest BCUT2D eigenvalue weighted by Crippen LogP contribution is -2.36. The molecular weight excluding hydrogens is 606 g/mol. The van der Waals surface area contributed by atoms with Gasteiger partial charge in [-0.2, -0.15) is 0 Å². The van der Waals surface area contributed by atoms with Gasteiger partial charge >= 0.3 is 6.01 Å². The minimum Gasteiger partial charge on any atom is -0.504 e. The summed E-state index contributed by atoms with van der Waals surface area (Å²) in [5.41, 5.74) is 0.873. The normalized spacial score (nSPS) is 14.4. The maximum absolute atomic E-state index is 13.4. The summed E-state index contributed by atoms with van der Waals surface area (Å²) in [6.07, 6.45) is 1.35. The third kappa shape index (κ3) is 4.05. The van der Waals surface area contributed by atoms with Crippen LogP contribution in [-0.4, -0.2) is 35.8 Å². The van der Waals surface area contributed by atoms with Crippen LogP contribution in [0.1, 0.15) is 4.88 Å². The van der Waals surface area contributed by atoms with E-state index in [-0.39, 0.29) is 21.5 Å². The number of fused-ring (bicyclic) bond motifs is 3. The number of thiophene rings is 1. The lowest BCUT2D eigenvalue weighted by molar-refractivity contribution is -0.113. The fourth-order valence-electron chi connectivity index (χ4n) is 5.04. The van der Waals surface area contributed by atoms with E-state index in [0.717, 1.165) is 32.0 Å². The molecule has 0 aliphatic carbocycles. The van der Waals surface area contributed by atoms with Gasteiger partial charge in [0.2, 0.25) is 0 Å². The number of aliphatic hydroxyl groups excluding tert-OH is 1. The molecule has 8 rings (SSSR count). The first-order valence-electron chi connectivity index (χ1n) is 13.2. The molecule has 11 nitrogen and oxygen atoms in total. The summed E-state index contributed by atoms with van der Waals surface area (Å²) < 4.78 is 50.9. The second-order valence-corrected chi connectivity index (χ2v) is 12.9. The number of sulfonamides is 1. The predicted molar refractivity (Wildman–Crippen MR) is 162 cm³/mol. The number of anilines is 1. The van der Waals surface area contributed by atoms with E-state index in [4.69, 9.17) is 17.7 Å². The van der Waals surface area contributed by atoms with Gasteiger partial charge in [-0.25, -0.2) is 13.4 Å². The van der Waals surface area contributed by atoms with Crippen LogP contribution in [0.15, 0.2) is 113 Å². The summed E-state index contributed by atoms with van der Waals surface area (Å²) in [5.74, 6) is 0.540. The molecule has 13 heteroatoms. The number of amides is 1. The highest BCUT2D eigenvalue weighted by Gasteiger charge is 2.40. The number of likely N-dealkylation sites (N-methyl/N-ethyl adjacent to an activating group) is 1. The van der Waals surface area contributed by atoms with Crippen molar-refractivity contribution in [3.05, 3.63) is 95.6 Å². The summed E-state index contributed by atoms with van der Waals surface area (Å²) >= 11 is 1.000.